The van der Waals surface area contributed by atoms with E-state index in [2.05, 4.69) is 10.5 Å². The number of benzene rings is 2. The number of hydrazone groups is 1. The lowest BCUT2D eigenvalue weighted by Crippen LogP contribution is -2.28. The Kier molecular flexibility index (Phi) is 4.99. The lowest BCUT2D eigenvalue weighted by atomic mass is 10.0. The molecule has 0 radical (unpaired) electrons. The lowest BCUT2D eigenvalue weighted by Gasteiger charge is -2.07. The first-order valence-electron chi connectivity index (χ1n) is 8.15. The van der Waals surface area contributed by atoms with Crippen molar-refractivity contribution in [1.82, 2.24) is 5.43 Å². The SMILES string of the molecule is C/C(=N/NC(=O)[C@H]1CCS(=O)(=O)C1)c1ccc(-c2ccccc2)cc1. The first-order chi connectivity index (χ1) is 11.9. The normalized spacial score (nSPS) is 19.6. The maximum absolute atomic E-state index is 12.0. The third-order valence-electron chi connectivity index (χ3n) is 4.35. The topological polar surface area (TPSA) is 75.6 Å². The molecule has 2 aromatic rings. The van der Waals surface area contributed by atoms with E-state index < -0.39 is 15.8 Å². The van der Waals surface area contributed by atoms with Crippen LogP contribution in [-0.4, -0.2) is 31.5 Å². The van der Waals surface area contributed by atoms with Gasteiger partial charge >= 0.3 is 0 Å². The van der Waals surface area contributed by atoms with Crippen molar-refractivity contribution < 1.29 is 13.2 Å². The summed E-state index contributed by atoms with van der Waals surface area (Å²) in [4.78, 5) is 12.0. The molecule has 1 atom stereocenters. The largest absolute Gasteiger partial charge is 0.273 e. The highest BCUT2D eigenvalue weighted by Crippen LogP contribution is 2.20. The van der Waals surface area contributed by atoms with Gasteiger partial charge in [0.2, 0.25) is 5.91 Å². The molecule has 1 aliphatic heterocycles. The quantitative estimate of drug-likeness (QED) is 0.676. The summed E-state index contributed by atoms with van der Waals surface area (Å²) in [6.45, 7) is 1.81. The number of nitrogens with one attached hydrogen (secondary N) is 1. The zero-order valence-electron chi connectivity index (χ0n) is 14.0. The first-order valence-corrected chi connectivity index (χ1v) is 9.97. The Labute approximate surface area is 147 Å². The van der Waals surface area contributed by atoms with Crippen molar-refractivity contribution in [3.8, 4) is 11.1 Å². The maximum atomic E-state index is 12.0. The molecule has 2 aromatic carbocycles. The van der Waals surface area contributed by atoms with Crippen LogP contribution in [0.15, 0.2) is 59.7 Å². The van der Waals surface area contributed by atoms with E-state index in [4.69, 9.17) is 0 Å². The Bertz CT molecular complexity index is 888. The van der Waals surface area contributed by atoms with Gasteiger partial charge < -0.3 is 0 Å². The highest BCUT2D eigenvalue weighted by Gasteiger charge is 2.32. The summed E-state index contributed by atoms with van der Waals surface area (Å²) in [6.07, 6.45) is 0.370. The summed E-state index contributed by atoms with van der Waals surface area (Å²) < 4.78 is 22.9. The third-order valence-corrected chi connectivity index (χ3v) is 6.11. The van der Waals surface area contributed by atoms with Crippen LogP contribution in [0, 0.1) is 5.92 Å². The average molecular weight is 356 g/mol. The number of carbonyl (C=O) groups is 1. The van der Waals surface area contributed by atoms with E-state index in [1.807, 2.05) is 61.5 Å². The van der Waals surface area contributed by atoms with E-state index in [9.17, 15) is 13.2 Å². The van der Waals surface area contributed by atoms with Gasteiger partial charge in [-0.25, -0.2) is 13.8 Å². The zero-order chi connectivity index (χ0) is 17.9. The summed E-state index contributed by atoms with van der Waals surface area (Å²) in [5.74, 6) is -0.836. The third kappa shape index (κ3) is 4.33. The van der Waals surface area contributed by atoms with Crippen molar-refractivity contribution in [2.45, 2.75) is 13.3 Å². The molecule has 0 bridgehead atoms. The Morgan fingerprint density at radius 2 is 1.68 bits per heavy atom. The van der Waals surface area contributed by atoms with Gasteiger partial charge in [0.1, 0.15) is 0 Å². The zero-order valence-corrected chi connectivity index (χ0v) is 14.8. The van der Waals surface area contributed by atoms with Crippen LogP contribution >= 0.6 is 0 Å². The number of rotatable bonds is 4. The van der Waals surface area contributed by atoms with Crippen molar-refractivity contribution >= 4 is 21.5 Å². The van der Waals surface area contributed by atoms with Gasteiger partial charge in [0, 0.05) is 0 Å². The molecular formula is C19H20N2O3S. The van der Waals surface area contributed by atoms with Gasteiger partial charge in [0.25, 0.3) is 0 Å². The summed E-state index contributed by atoms with van der Waals surface area (Å²) in [6, 6.07) is 18.0. The van der Waals surface area contributed by atoms with Crippen LogP contribution in [0.1, 0.15) is 18.9 Å². The summed E-state index contributed by atoms with van der Waals surface area (Å²) in [5, 5.41) is 4.11. The molecule has 1 aliphatic rings. The predicted molar refractivity (Wildman–Crippen MR) is 99.0 cm³/mol. The second-order valence-corrected chi connectivity index (χ2v) is 8.45. The van der Waals surface area contributed by atoms with Crippen molar-refractivity contribution in [2.24, 2.45) is 11.0 Å². The maximum Gasteiger partial charge on any atom is 0.244 e. The smallest absolute Gasteiger partial charge is 0.244 e. The Morgan fingerprint density at radius 1 is 1.04 bits per heavy atom. The average Bonchev–Trinajstić information content (AvgIpc) is 3.00. The van der Waals surface area contributed by atoms with Crippen LogP contribution in [0.3, 0.4) is 0 Å². The molecule has 1 fully saturated rings. The van der Waals surface area contributed by atoms with E-state index >= 15 is 0 Å². The van der Waals surface area contributed by atoms with Crippen molar-refractivity contribution in [1.29, 1.82) is 0 Å². The minimum Gasteiger partial charge on any atom is -0.273 e. The van der Waals surface area contributed by atoms with Crippen molar-refractivity contribution in [3.63, 3.8) is 0 Å². The van der Waals surface area contributed by atoms with Crippen LogP contribution in [-0.2, 0) is 14.6 Å². The molecule has 6 heteroatoms. The second-order valence-electron chi connectivity index (χ2n) is 6.22. The molecule has 130 valence electrons. The number of amides is 1. The van der Waals surface area contributed by atoms with E-state index in [1.54, 1.807) is 0 Å². The first kappa shape index (κ1) is 17.4. The minimum absolute atomic E-state index is 0.0781. The molecule has 0 aromatic heterocycles. The van der Waals surface area contributed by atoms with Crippen LogP contribution < -0.4 is 5.43 Å². The Hall–Kier alpha value is -2.47. The van der Waals surface area contributed by atoms with Crippen LogP contribution in [0.4, 0.5) is 0 Å². The van der Waals surface area contributed by atoms with Crippen LogP contribution in [0.2, 0.25) is 0 Å². The van der Waals surface area contributed by atoms with E-state index in [-0.39, 0.29) is 17.4 Å². The number of nitrogens with zero attached hydrogens (tertiary/aromatic N) is 1. The molecule has 0 spiro atoms. The fourth-order valence-electron chi connectivity index (χ4n) is 2.83. The van der Waals surface area contributed by atoms with Gasteiger partial charge in [0.05, 0.1) is 23.1 Å². The van der Waals surface area contributed by atoms with Gasteiger partial charge in [-0.05, 0) is 30.0 Å². The van der Waals surface area contributed by atoms with Gasteiger partial charge in [-0.15, -0.1) is 0 Å². The van der Waals surface area contributed by atoms with Gasteiger partial charge in [0.15, 0.2) is 9.84 Å². The molecular weight excluding hydrogens is 336 g/mol. The summed E-state index contributed by atoms with van der Waals surface area (Å²) in [7, 11) is -3.07. The van der Waals surface area contributed by atoms with Crippen LogP contribution in [0.25, 0.3) is 11.1 Å². The van der Waals surface area contributed by atoms with Crippen LogP contribution in [0.5, 0.6) is 0 Å². The number of hydrogen-bond acceptors (Lipinski definition) is 4. The van der Waals surface area contributed by atoms with E-state index in [1.165, 1.54) is 0 Å². The predicted octanol–water partition coefficient (Wildman–Crippen LogP) is 2.63. The number of hydrogen-bond donors (Lipinski definition) is 1. The van der Waals surface area contributed by atoms with Gasteiger partial charge in [-0.2, -0.15) is 5.10 Å². The molecule has 25 heavy (non-hydrogen) atoms. The number of sulfone groups is 1. The fraction of sp³-hybridized carbons (Fsp3) is 0.263. The molecule has 1 N–H and O–H groups in total. The molecule has 1 saturated heterocycles. The summed E-state index contributed by atoms with van der Waals surface area (Å²) in [5.41, 5.74) is 6.32. The molecule has 0 aliphatic carbocycles. The number of carbonyl (C=O) groups excluding carboxylic acids is 1. The van der Waals surface area contributed by atoms with Gasteiger partial charge in [-0.3, -0.25) is 4.79 Å². The molecule has 1 amide bonds. The molecule has 5 nitrogen and oxygen atoms in total. The van der Waals surface area contributed by atoms with E-state index in [0.29, 0.717) is 12.1 Å². The Balaban J connectivity index is 1.65. The van der Waals surface area contributed by atoms with E-state index in [0.717, 1.165) is 16.7 Å². The highest BCUT2D eigenvalue weighted by atomic mass is 32.2. The fourth-order valence-corrected chi connectivity index (χ4v) is 4.57. The Morgan fingerprint density at radius 3 is 2.28 bits per heavy atom. The summed E-state index contributed by atoms with van der Waals surface area (Å²) >= 11 is 0. The van der Waals surface area contributed by atoms with Crippen molar-refractivity contribution in [2.75, 3.05) is 11.5 Å². The van der Waals surface area contributed by atoms with Gasteiger partial charge in [-0.1, -0.05) is 54.6 Å². The molecule has 3 rings (SSSR count). The standard InChI is InChI=1S/C19H20N2O3S/c1-14(20-21-19(22)18-11-12-25(23,24)13-18)15-7-9-17(10-8-15)16-5-3-2-4-6-16/h2-10,18H,11-13H2,1H3,(H,21,22)/b20-14-/t18-/m0/s1. The minimum atomic E-state index is -3.07. The molecule has 1 heterocycles. The monoisotopic (exact) mass is 356 g/mol. The van der Waals surface area contributed by atoms with Crippen molar-refractivity contribution in [3.05, 3.63) is 60.2 Å². The lowest BCUT2D eigenvalue weighted by molar-refractivity contribution is -0.124. The molecule has 0 unspecified atom stereocenters. The second kappa shape index (κ2) is 7.19. The highest BCUT2D eigenvalue weighted by molar-refractivity contribution is 7.91. The molecule has 0 saturated carbocycles.